The summed E-state index contributed by atoms with van der Waals surface area (Å²) < 4.78 is 52.7. The average molecular weight is 855 g/mol. The van der Waals surface area contributed by atoms with Gasteiger partial charge >= 0.3 is 0 Å². The van der Waals surface area contributed by atoms with Crippen LogP contribution in [0, 0.1) is 5.82 Å². The molecule has 4 N–H and O–H groups in total. The lowest BCUT2D eigenvalue weighted by molar-refractivity contribution is -0.128. The zero-order chi connectivity index (χ0) is 43.8. The predicted molar refractivity (Wildman–Crippen MR) is 225 cm³/mol. The lowest BCUT2D eigenvalue weighted by Crippen LogP contribution is -2.42. The molecule has 62 heavy (non-hydrogen) atoms. The smallest absolute Gasteiger partial charge is 0.253 e. The van der Waals surface area contributed by atoms with Crippen LogP contribution in [-0.2, 0) is 16.1 Å². The molecule has 14 nitrogen and oxygen atoms in total. The van der Waals surface area contributed by atoms with Gasteiger partial charge in [0.15, 0.2) is 0 Å². The summed E-state index contributed by atoms with van der Waals surface area (Å²) in [6.45, 7) is 9.66. The highest BCUT2D eigenvalue weighted by Gasteiger charge is 2.37. The number of aromatic amines is 2. The fourth-order valence-electron chi connectivity index (χ4n) is 7.99. The van der Waals surface area contributed by atoms with Crippen LogP contribution < -0.4 is 20.1 Å². The van der Waals surface area contributed by atoms with Crippen LogP contribution in [0.1, 0.15) is 77.6 Å². The molecule has 0 bridgehead atoms. The second-order valence-electron chi connectivity index (χ2n) is 15.7. The van der Waals surface area contributed by atoms with Crippen molar-refractivity contribution in [1.82, 2.24) is 40.4 Å². The Morgan fingerprint density at radius 2 is 1.32 bits per heavy atom. The summed E-state index contributed by atoms with van der Waals surface area (Å²) in [5.41, 5.74) is 2.58. The SMILES string of the molecule is C=CC(=O)N1CCC(Oc2cnc3[nH]cc(C(=O)NC4CCCC(F)(F)C4)c3c2)CC1.C=CC(=O)N1CCC(Oc2cnc3[nH]cc(C(=O)NCc4cccc(F)c4)c3c2)CC1. The van der Waals surface area contributed by atoms with Crippen molar-refractivity contribution in [3.63, 3.8) is 0 Å². The molecule has 326 valence electrons. The maximum atomic E-state index is 13.7. The molecule has 2 saturated heterocycles. The largest absolute Gasteiger partial charge is 0.489 e. The molecule has 4 aromatic heterocycles. The molecule has 8 rings (SSSR count). The molecule has 0 radical (unpaired) electrons. The van der Waals surface area contributed by atoms with Gasteiger partial charge in [-0.15, -0.1) is 0 Å². The number of carbonyl (C=O) groups is 4. The van der Waals surface area contributed by atoms with Gasteiger partial charge < -0.3 is 39.9 Å². The molecule has 2 aliphatic heterocycles. The normalized spacial score (nSPS) is 18.0. The van der Waals surface area contributed by atoms with Crippen LogP contribution in [-0.4, -0.2) is 104 Å². The lowest BCUT2D eigenvalue weighted by Gasteiger charge is -2.31. The van der Waals surface area contributed by atoms with Crippen LogP contribution in [0.2, 0.25) is 0 Å². The number of pyridine rings is 2. The highest BCUT2D eigenvalue weighted by molar-refractivity contribution is 6.07. The van der Waals surface area contributed by atoms with Gasteiger partial charge in [0, 0.05) is 100 Å². The Kier molecular flexibility index (Phi) is 13.6. The van der Waals surface area contributed by atoms with Crippen LogP contribution in [0.4, 0.5) is 13.2 Å². The minimum absolute atomic E-state index is 0.0303. The molecule has 1 aliphatic carbocycles. The highest BCUT2D eigenvalue weighted by atomic mass is 19.3. The number of nitrogens with one attached hydrogen (secondary N) is 4. The summed E-state index contributed by atoms with van der Waals surface area (Å²) in [6, 6.07) is 9.09. The Labute approximate surface area is 355 Å². The van der Waals surface area contributed by atoms with Crippen molar-refractivity contribution in [3.8, 4) is 11.5 Å². The summed E-state index contributed by atoms with van der Waals surface area (Å²) >= 11 is 0. The quantitative estimate of drug-likeness (QED) is 0.107. The number of rotatable bonds is 11. The van der Waals surface area contributed by atoms with Crippen LogP contribution in [0.5, 0.6) is 11.5 Å². The zero-order valence-electron chi connectivity index (χ0n) is 34.1. The van der Waals surface area contributed by atoms with Crippen LogP contribution >= 0.6 is 0 Å². The number of nitrogens with zero attached hydrogens (tertiary/aromatic N) is 4. The van der Waals surface area contributed by atoms with Gasteiger partial charge in [-0.25, -0.2) is 23.1 Å². The molecular formula is C45H49F3N8O6. The minimum Gasteiger partial charge on any atom is -0.489 e. The van der Waals surface area contributed by atoms with E-state index in [2.05, 4.69) is 43.7 Å². The number of fused-ring (bicyclic) bond motifs is 2. The monoisotopic (exact) mass is 854 g/mol. The van der Waals surface area contributed by atoms with Gasteiger partial charge in [-0.05, 0) is 54.8 Å². The molecule has 1 unspecified atom stereocenters. The van der Waals surface area contributed by atoms with Gasteiger partial charge in [0.25, 0.3) is 11.8 Å². The number of hydrogen-bond acceptors (Lipinski definition) is 8. The Morgan fingerprint density at radius 3 is 1.82 bits per heavy atom. The van der Waals surface area contributed by atoms with Crippen LogP contribution in [0.15, 0.2) is 86.5 Å². The number of halogens is 3. The molecule has 3 fully saturated rings. The highest BCUT2D eigenvalue weighted by Crippen LogP contribution is 2.34. The van der Waals surface area contributed by atoms with Gasteiger partial charge in [-0.3, -0.25) is 19.2 Å². The van der Waals surface area contributed by atoms with Crippen LogP contribution in [0.3, 0.4) is 0 Å². The number of amides is 4. The summed E-state index contributed by atoms with van der Waals surface area (Å²) in [7, 11) is 0. The van der Waals surface area contributed by atoms with Gasteiger partial charge in [0.05, 0.1) is 23.5 Å². The third kappa shape index (κ3) is 10.8. The number of likely N-dealkylation sites (tertiary alicyclic amines) is 2. The maximum absolute atomic E-state index is 13.7. The number of carbonyl (C=O) groups excluding carboxylic acids is 4. The molecule has 5 aromatic rings. The average Bonchev–Trinajstić information content (AvgIpc) is 3.90. The van der Waals surface area contributed by atoms with Crippen molar-refractivity contribution >= 4 is 45.7 Å². The van der Waals surface area contributed by atoms with E-state index in [0.717, 1.165) is 0 Å². The number of alkyl halides is 2. The van der Waals surface area contributed by atoms with Gasteiger partial charge in [0.1, 0.15) is 40.8 Å². The third-order valence-corrected chi connectivity index (χ3v) is 11.3. The van der Waals surface area contributed by atoms with Crippen molar-refractivity contribution < 1.29 is 41.8 Å². The first-order valence-corrected chi connectivity index (χ1v) is 20.7. The van der Waals surface area contributed by atoms with Gasteiger partial charge in [-0.1, -0.05) is 25.3 Å². The fraction of sp³-hybridized carbons (Fsp3) is 0.378. The molecule has 1 atom stereocenters. The molecule has 17 heteroatoms. The number of H-pyrrole nitrogens is 2. The number of piperidine rings is 2. The molecule has 3 aliphatic rings. The summed E-state index contributed by atoms with van der Waals surface area (Å²) in [6.07, 6.45) is 12.2. The van der Waals surface area contributed by atoms with Crippen molar-refractivity contribution in [2.24, 2.45) is 0 Å². The van der Waals surface area contributed by atoms with E-state index in [1.807, 2.05) is 0 Å². The second kappa shape index (κ2) is 19.4. The first-order chi connectivity index (χ1) is 29.9. The van der Waals surface area contributed by atoms with E-state index in [4.69, 9.17) is 9.47 Å². The number of aromatic nitrogens is 4. The summed E-state index contributed by atoms with van der Waals surface area (Å²) in [5.74, 6) is -2.81. The van der Waals surface area contributed by atoms with E-state index in [0.29, 0.717) is 115 Å². The van der Waals surface area contributed by atoms with Gasteiger partial charge in [0.2, 0.25) is 17.7 Å². The Bertz CT molecular complexity index is 2440. The molecule has 4 amide bonds. The molecule has 1 aromatic carbocycles. The van der Waals surface area contributed by atoms with Gasteiger partial charge in [-0.2, -0.15) is 0 Å². The predicted octanol–water partition coefficient (Wildman–Crippen LogP) is 6.61. The summed E-state index contributed by atoms with van der Waals surface area (Å²) in [5, 5.41) is 6.77. The molecular weight excluding hydrogens is 806 g/mol. The maximum Gasteiger partial charge on any atom is 0.253 e. The standard InChI is InChI=1S/C23H23FN4O3.C22H26F2N4O3/c1-2-21(29)28-8-6-17(7-9-28)31-18-11-19-20(14-26-22(19)25-13-18)23(30)27-12-15-4-3-5-16(24)10-15;1-2-19(29)28-8-5-15(6-9-28)31-16-10-17-18(13-26-20(17)25-12-16)21(30)27-14-4-3-7-22(23,24)11-14/h2-5,10-11,13-14,17H,1,6-9,12H2,(H,25,26)(H,27,30);2,10,12-15H,1,3-9,11H2,(H,25,26)(H,27,30). The Hall–Kier alpha value is -6.65. The zero-order valence-corrected chi connectivity index (χ0v) is 34.1. The van der Waals surface area contributed by atoms with Crippen molar-refractivity contribution in [3.05, 3.63) is 109 Å². The lowest BCUT2D eigenvalue weighted by atomic mass is 9.92. The first kappa shape index (κ1) is 43.4. The number of benzene rings is 1. The second-order valence-corrected chi connectivity index (χ2v) is 15.7. The van der Waals surface area contributed by atoms with Crippen LogP contribution in [0.25, 0.3) is 22.1 Å². The Balaban J connectivity index is 0.000000186. The number of ether oxygens (including phenoxy) is 2. The molecule has 0 spiro atoms. The fourth-order valence-corrected chi connectivity index (χ4v) is 7.99. The minimum atomic E-state index is -2.73. The van der Waals surface area contributed by atoms with Crippen molar-refractivity contribution in [2.45, 2.75) is 82.1 Å². The van der Waals surface area contributed by atoms with E-state index < -0.39 is 17.9 Å². The van der Waals surface area contributed by atoms with Crippen molar-refractivity contribution in [1.29, 1.82) is 0 Å². The van der Waals surface area contributed by atoms with E-state index >= 15 is 0 Å². The third-order valence-electron chi connectivity index (χ3n) is 11.3. The van der Waals surface area contributed by atoms with E-state index in [9.17, 15) is 32.3 Å². The topological polar surface area (TPSA) is 175 Å². The first-order valence-electron chi connectivity index (χ1n) is 20.7. The summed E-state index contributed by atoms with van der Waals surface area (Å²) in [4.78, 5) is 66.9. The van der Waals surface area contributed by atoms with E-state index in [1.165, 1.54) is 30.5 Å². The molecule has 1 saturated carbocycles. The van der Waals surface area contributed by atoms with E-state index in [1.54, 1.807) is 52.7 Å². The van der Waals surface area contributed by atoms with Crippen molar-refractivity contribution in [2.75, 3.05) is 26.2 Å². The van der Waals surface area contributed by atoms with E-state index in [-0.39, 0.29) is 55.1 Å². The molecule has 6 heterocycles. The number of hydrogen-bond donors (Lipinski definition) is 4. The Morgan fingerprint density at radius 1 is 0.790 bits per heavy atom.